The topological polar surface area (TPSA) is 105 Å². The Kier molecular flexibility index (Phi) is 7.33. The Morgan fingerprint density at radius 3 is 2.47 bits per heavy atom. The first-order valence-electron chi connectivity index (χ1n) is 10.1. The molecule has 0 saturated heterocycles. The molecule has 1 aromatic heterocycles. The van der Waals surface area contributed by atoms with Crippen molar-refractivity contribution in [2.45, 2.75) is 51.2 Å². The molecule has 1 heterocycles. The fourth-order valence-corrected chi connectivity index (χ4v) is 4.55. The summed E-state index contributed by atoms with van der Waals surface area (Å²) in [5.74, 6) is 0.154. The van der Waals surface area contributed by atoms with Crippen LogP contribution in [-0.2, 0) is 16.6 Å². The lowest BCUT2D eigenvalue weighted by molar-refractivity contribution is 0.0672. The van der Waals surface area contributed by atoms with Gasteiger partial charge in [-0.1, -0.05) is 29.8 Å². The third-order valence-corrected chi connectivity index (χ3v) is 6.53. The summed E-state index contributed by atoms with van der Waals surface area (Å²) in [5.41, 5.74) is 0.849. The molecule has 0 aliphatic heterocycles. The van der Waals surface area contributed by atoms with Gasteiger partial charge >= 0.3 is 0 Å². The Morgan fingerprint density at radius 1 is 1.09 bits per heavy atom. The Morgan fingerprint density at radius 2 is 1.81 bits per heavy atom. The molecule has 0 spiro atoms. The van der Waals surface area contributed by atoms with Gasteiger partial charge in [0, 0.05) is 17.6 Å². The second kappa shape index (κ2) is 9.81. The molecular formula is C22H25ClN4O4S. The fourth-order valence-electron chi connectivity index (χ4n) is 3.04. The van der Waals surface area contributed by atoms with Crippen molar-refractivity contribution < 1.29 is 17.6 Å². The number of sulfonamides is 1. The number of aromatic nitrogens is 2. The third kappa shape index (κ3) is 5.53. The molecule has 1 amide bonds. The van der Waals surface area contributed by atoms with Gasteiger partial charge in [-0.05, 0) is 58.0 Å². The Hall–Kier alpha value is -2.75. The van der Waals surface area contributed by atoms with E-state index >= 15 is 0 Å². The second-order valence-electron chi connectivity index (χ2n) is 7.81. The lowest BCUT2D eigenvalue weighted by Gasteiger charge is -2.25. The minimum absolute atomic E-state index is 0.0274. The molecule has 32 heavy (non-hydrogen) atoms. The number of amides is 1. The Bertz CT molecular complexity index is 1210. The van der Waals surface area contributed by atoms with Crippen LogP contribution in [0, 0.1) is 0 Å². The minimum Gasteiger partial charge on any atom is -0.419 e. The smallest absolute Gasteiger partial charge is 0.254 e. The summed E-state index contributed by atoms with van der Waals surface area (Å²) >= 11 is 6.19. The molecule has 8 nitrogen and oxygen atoms in total. The first-order valence-corrected chi connectivity index (χ1v) is 11.9. The van der Waals surface area contributed by atoms with Crippen molar-refractivity contribution in [1.82, 2.24) is 19.8 Å². The normalized spacial score (nSPS) is 11.8. The van der Waals surface area contributed by atoms with E-state index in [1.807, 2.05) is 19.9 Å². The maximum Gasteiger partial charge on any atom is 0.254 e. The number of benzene rings is 2. The average molecular weight is 477 g/mol. The summed E-state index contributed by atoms with van der Waals surface area (Å²) in [6.07, 6.45) is 0. The lowest BCUT2D eigenvalue weighted by Crippen LogP contribution is -2.36. The van der Waals surface area contributed by atoms with Crippen LogP contribution in [0.1, 0.15) is 43.9 Å². The van der Waals surface area contributed by atoms with Crippen molar-refractivity contribution in [2.24, 2.45) is 0 Å². The molecule has 0 unspecified atom stereocenters. The van der Waals surface area contributed by atoms with Gasteiger partial charge in [-0.3, -0.25) is 4.79 Å². The predicted octanol–water partition coefficient (Wildman–Crippen LogP) is 4.13. The van der Waals surface area contributed by atoms with Crippen LogP contribution in [0.2, 0.25) is 5.02 Å². The van der Waals surface area contributed by atoms with Gasteiger partial charge in [0.2, 0.25) is 21.8 Å². The van der Waals surface area contributed by atoms with E-state index < -0.39 is 10.0 Å². The highest BCUT2D eigenvalue weighted by molar-refractivity contribution is 7.89. The van der Waals surface area contributed by atoms with Crippen LogP contribution in [0.4, 0.5) is 0 Å². The highest BCUT2D eigenvalue weighted by atomic mass is 35.5. The molecule has 3 rings (SSSR count). The molecule has 10 heteroatoms. The molecule has 3 aromatic rings. The highest BCUT2D eigenvalue weighted by Gasteiger charge is 2.24. The van der Waals surface area contributed by atoms with Crippen molar-refractivity contribution in [2.75, 3.05) is 0 Å². The van der Waals surface area contributed by atoms with Crippen LogP contribution < -0.4 is 4.72 Å². The number of rotatable bonds is 8. The molecule has 2 aromatic carbocycles. The molecule has 0 radical (unpaired) electrons. The summed E-state index contributed by atoms with van der Waals surface area (Å²) in [6.45, 7) is 7.23. The molecule has 0 bridgehead atoms. The van der Waals surface area contributed by atoms with Gasteiger partial charge in [0.25, 0.3) is 5.91 Å². The Labute approximate surface area is 192 Å². The average Bonchev–Trinajstić information content (AvgIpc) is 3.19. The van der Waals surface area contributed by atoms with E-state index in [0.717, 1.165) is 0 Å². The first kappa shape index (κ1) is 23.9. The molecule has 0 fully saturated rings. The summed E-state index contributed by atoms with van der Waals surface area (Å²) in [6, 6.07) is 12.6. The second-order valence-corrected chi connectivity index (χ2v) is 9.93. The maximum absolute atomic E-state index is 13.2. The van der Waals surface area contributed by atoms with E-state index in [-0.39, 0.29) is 46.8 Å². The number of carbonyl (C=O) groups is 1. The van der Waals surface area contributed by atoms with E-state index in [4.69, 9.17) is 16.0 Å². The zero-order valence-electron chi connectivity index (χ0n) is 18.2. The molecule has 0 atom stereocenters. The summed E-state index contributed by atoms with van der Waals surface area (Å²) in [4.78, 5) is 14.8. The Balaban J connectivity index is 1.85. The largest absolute Gasteiger partial charge is 0.419 e. The van der Waals surface area contributed by atoms with Crippen molar-refractivity contribution in [3.8, 4) is 11.5 Å². The number of hydrogen-bond acceptors (Lipinski definition) is 6. The minimum atomic E-state index is -3.73. The first-order chi connectivity index (χ1) is 15.1. The SMILES string of the molecule is CC(C)NS(=O)(=O)c1cccc(C(=O)N(Cc2nnc(-c3ccccc3Cl)o2)C(C)C)c1. The van der Waals surface area contributed by atoms with Crippen molar-refractivity contribution in [3.05, 3.63) is 65.0 Å². The van der Waals surface area contributed by atoms with E-state index in [9.17, 15) is 13.2 Å². The summed E-state index contributed by atoms with van der Waals surface area (Å²) in [5, 5.41) is 8.56. The molecule has 0 aliphatic rings. The van der Waals surface area contributed by atoms with Crippen LogP contribution in [0.25, 0.3) is 11.5 Å². The summed E-state index contributed by atoms with van der Waals surface area (Å²) in [7, 11) is -3.73. The maximum atomic E-state index is 13.2. The van der Waals surface area contributed by atoms with E-state index in [1.165, 1.54) is 17.0 Å². The van der Waals surface area contributed by atoms with Gasteiger partial charge in [0.1, 0.15) is 0 Å². The van der Waals surface area contributed by atoms with Crippen LogP contribution in [0.3, 0.4) is 0 Å². The zero-order chi connectivity index (χ0) is 23.5. The third-order valence-electron chi connectivity index (χ3n) is 4.54. The van der Waals surface area contributed by atoms with Gasteiger partial charge < -0.3 is 9.32 Å². The number of carbonyl (C=O) groups excluding carboxylic acids is 1. The quantitative estimate of drug-likeness (QED) is 0.524. The zero-order valence-corrected chi connectivity index (χ0v) is 19.8. The van der Waals surface area contributed by atoms with Crippen molar-refractivity contribution in [3.63, 3.8) is 0 Å². The van der Waals surface area contributed by atoms with Crippen LogP contribution in [-0.4, -0.2) is 41.5 Å². The van der Waals surface area contributed by atoms with Crippen molar-refractivity contribution >= 4 is 27.5 Å². The lowest BCUT2D eigenvalue weighted by atomic mass is 10.1. The molecule has 0 aliphatic carbocycles. The number of hydrogen-bond donors (Lipinski definition) is 1. The molecular weight excluding hydrogens is 452 g/mol. The number of nitrogens with one attached hydrogen (secondary N) is 1. The van der Waals surface area contributed by atoms with Crippen LogP contribution in [0.5, 0.6) is 0 Å². The number of halogens is 1. The van der Waals surface area contributed by atoms with Gasteiger partial charge in [-0.15, -0.1) is 10.2 Å². The van der Waals surface area contributed by atoms with Crippen LogP contribution >= 0.6 is 11.6 Å². The van der Waals surface area contributed by atoms with Gasteiger partial charge in [0.15, 0.2) is 0 Å². The fraction of sp³-hybridized carbons (Fsp3) is 0.318. The van der Waals surface area contributed by atoms with Gasteiger partial charge in [-0.25, -0.2) is 13.1 Å². The highest BCUT2D eigenvalue weighted by Crippen LogP contribution is 2.27. The standard InChI is InChI=1S/C22H25ClN4O4S/c1-14(2)26-32(29,30)17-9-7-8-16(12-17)22(28)27(15(3)4)13-20-24-25-21(31-20)18-10-5-6-11-19(18)23/h5-12,14-15,26H,13H2,1-4H3. The monoisotopic (exact) mass is 476 g/mol. The number of nitrogens with zero attached hydrogens (tertiary/aromatic N) is 3. The van der Waals surface area contributed by atoms with Gasteiger partial charge in [-0.2, -0.15) is 0 Å². The summed E-state index contributed by atoms with van der Waals surface area (Å²) < 4.78 is 33.2. The van der Waals surface area contributed by atoms with E-state index in [0.29, 0.717) is 10.6 Å². The molecule has 170 valence electrons. The van der Waals surface area contributed by atoms with Crippen LogP contribution in [0.15, 0.2) is 57.8 Å². The molecule has 1 N–H and O–H groups in total. The molecule has 0 saturated carbocycles. The van der Waals surface area contributed by atoms with Gasteiger partial charge in [0.05, 0.1) is 22.0 Å². The van der Waals surface area contributed by atoms with Crippen molar-refractivity contribution in [1.29, 1.82) is 0 Å². The predicted molar refractivity (Wildman–Crippen MR) is 122 cm³/mol. The van der Waals surface area contributed by atoms with E-state index in [1.54, 1.807) is 44.2 Å². The van der Waals surface area contributed by atoms with E-state index in [2.05, 4.69) is 14.9 Å².